The zero-order chi connectivity index (χ0) is 33.1. The fraction of sp³-hybridized carbons (Fsp3) is 0.615. The number of nitrogens with one attached hydrogen (secondary N) is 1. The van der Waals surface area contributed by atoms with Gasteiger partial charge >= 0.3 is 11.9 Å². The SMILES string of the molecule is CC/C=C\C/C=C\C/C=C\C/C=C\C/C=C\CCCC(=O)OC(/C=C\CCCCCCC)CCCCCCC(=O)NCC(=O)O. The Labute approximate surface area is 274 Å². The van der Waals surface area contributed by atoms with Gasteiger partial charge in [0.05, 0.1) is 0 Å². The van der Waals surface area contributed by atoms with Crippen LogP contribution in [0.15, 0.2) is 72.9 Å². The second kappa shape index (κ2) is 33.7. The average Bonchev–Trinajstić information content (AvgIpc) is 3.02. The van der Waals surface area contributed by atoms with Crippen molar-refractivity contribution in [2.45, 2.75) is 148 Å². The van der Waals surface area contributed by atoms with Crippen LogP contribution in [0.3, 0.4) is 0 Å². The molecule has 0 aliphatic rings. The van der Waals surface area contributed by atoms with Crippen molar-refractivity contribution < 1.29 is 24.2 Å². The van der Waals surface area contributed by atoms with Gasteiger partial charge in [0, 0.05) is 12.8 Å². The van der Waals surface area contributed by atoms with E-state index in [0.29, 0.717) is 12.8 Å². The predicted molar refractivity (Wildman–Crippen MR) is 189 cm³/mol. The minimum atomic E-state index is -1.04. The van der Waals surface area contributed by atoms with Gasteiger partial charge in [0.2, 0.25) is 5.91 Å². The molecule has 0 spiro atoms. The zero-order valence-corrected chi connectivity index (χ0v) is 28.4. The van der Waals surface area contributed by atoms with Crippen molar-refractivity contribution in [1.82, 2.24) is 5.32 Å². The molecular weight excluding hydrogens is 562 g/mol. The van der Waals surface area contributed by atoms with Gasteiger partial charge in [-0.2, -0.15) is 0 Å². The van der Waals surface area contributed by atoms with Gasteiger partial charge in [-0.3, -0.25) is 14.4 Å². The van der Waals surface area contributed by atoms with Crippen LogP contribution in [0.25, 0.3) is 0 Å². The number of esters is 1. The van der Waals surface area contributed by atoms with E-state index in [4.69, 9.17) is 9.84 Å². The lowest BCUT2D eigenvalue weighted by atomic mass is 10.1. The predicted octanol–water partition coefficient (Wildman–Crippen LogP) is 10.3. The molecule has 254 valence electrons. The molecule has 45 heavy (non-hydrogen) atoms. The third-order valence-electron chi connectivity index (χ3n) is 7.10. The molecule has 0 saturated heterocycles. The number of carboxylic acid groups (broad SMARTS) is 1. The average molecular weight is 626 g/mol. The van der Waals surface area contributed by atoms with Crippen molar-refractivity contribution in [3.05, 3.63) is 72.9 Å². The second-order valence-electron chi connectivity index (χ2n) is 11.4. The molecule has 0 radical (unpaired) electrons. The summed E-state index contributed by atoms with van der Waals surface area (Å²) >= 11 is 0. The maximum absolute atomic E-state index is 12.5. The molecule has 0 bridgehead atoms. The largest absolute Gasteiger partial charge is 0.480 e. The number of carboxylic acids is 1. The molecule has 0 fully saturated rings. The summed E-state index contributed by atoms with van der Waals surface area (Å²) in [6.07, 6.45) is 44.6. The molecule has 0 aliphatic heterocycles. The van der Waals surface area contributed by atoms with Crippen molar-refractivity contribution in [3.63, 3.8) is 0 Å². The summed E-state index contributed by atoms with van der Waals surface area (Å²) in [6.45, 7) is 4.03. The van der Waals surface area contributed by atoms with Gasteiger partial charge in [-0.25, -0.2) is 0 Å². The van der Waals surface area contributed by atoms with Crippen LogP contribution in [0.1, 0.15) is 142 Å². The number of allylic oxidation sites excluding steroid dienone is 11. The molecule has 2 N–H and O–H groups in total. The summed E-state index contributed by atoms with van der Waals surface area (Å²) in [5, 5.41) is 11.0. The topological polar surface area (TPSA) is 92.7 Å². The van der Waals surface area contributed by atoms with Crippen LogP contribution < -0.4 is 5.32 Å². The Bertz CT molecular complexity index is 912. The molecule has 0 aliphatic carbocycles. The van der Waals surface area contributed by atoms with Crippen molar-refractivity contribution in [2.75, 3.05) is 6.54 Å². The highest BCUT2D eigenvalue weighted by Crippen LogP contribution is 2.14. The van der Waals surface area contributed by atoms with Crippen molar-refractivity contribution in [3.8, 4) is 0 Å². The lowest BCUT2D eigenvalue weighted by molar-refractivity contribution is -0.147. The summed E-state index contributed by atoms with van der Waals surface area (Å²) in [7, 11) is 0. The van der Waals surface area contributed by atoms with Crippen LogP contribution in [0.5, 0.6) is 0 Å². The number of aliphatic carboxylic acids is 1. The molecule has 6 heteroatoms. The Morgan fingerprint density at radius 2 is 1.18 bits per heavy atom. The number of carbonyl (C=O) groups is 3. The van der Waals surface area contributed by atoms with Gasteiger partial charge in [-0.05, 0) is 83.1 Å². The fourth-order valence-corrected chi connectivity index (χ4v) is 4.52. The van der Waals surface area contributed by atoms with E-state index < -0.39 is 5.97 Å². The minimum absolute atomic E-state index is 0.143. The lowest BCUT2D eigenvalue weighted by Gasteiger charge is -2.14. The first-order valence-corrected chi connectivity index (χ1v) is 17.6. The van der Waals surface area contributed by atoms with Gasteiger partial charge in [-0.15, -0.1) is 0 Å². The molecule has 0 heterocycles. The molecule has 0 aromatic heterocycles. The molecule has 0 aromatic rings. The number of hydrogen-bond donors (Lipinski definition) is 2. The molecule has 0 aromatic carbocycles. The van der Waals surface area contributed by atoms with Gasteiger partial charge < -0.3 is 15.2 Å². The maximum Gasteiger partial charge on any atom is 0.322 e. The minimum Gasteiger partial charge on any atom is -0.480 e. The Kier molecular flexibility index (Phi) is 31.4. The number of rotatable bonds is 30. The first kappa shape index (κ1) is 41.9. The van der Waals surface area contributed by atoms with E-state index in [0.717, 1.165) is 89.9 Å². The maximum atomic E-state index is 12.5. The second-order valence-corrected chi connectivity index (χ2v) is 11.4. The molecule has 1 unspecified atom stereocenters. The van der Waals surface area contributed by atoms with Gasteiger partial charge in [0.1, 0.15) is 12.6 Å². The Hall–Kier alpha value is -3.15. The molecule has 6 nitrogen and oxygen atoms in total. The molecule has 0 rings (SSSR count). The van der Waals surface area contributed by atoms with Gasteiger partial charge in [0.25, 0.3) is 0 Å². The molecule has 1 atom stereocenters. The normalized spacial score (nSPS) is 12.9. The van der Waals surface area contributed by atoms with Crippen molar-refractivity contribution in [1.29, 1.82) is 0 Å². The van der Waals surface area contributed by atoms with Crippen molar-refractivity contribution in [2.24, 2.45) is 0 Å². The van der Waals surface area contributed by atoms with Crippen LogP contribution in [0.4, 0.5) is 0 Å². The number of hydrogen-bond acceptors (Lipinski definition) is 4. The zero-order valence-electron chi connectivity index (χ0n) is 28.4. The quantitative estimate of drug-likeness (QED) is 0.0471. The summed E-state index contributed by atoms with van der Waals surface area (Å²) < 4.78 is 5.83. The van der Waals surface area contributed by atoms with Crippen molar-refractivity contribution >= 4 is 17.8 Å². The van der Waals surface area contributed by atoms with Gasteiger partial charge in [-0.1, -0.05) is 119 Å². The fourth-order valence-electron chi connectivity index (χ4n) is 4.52. The van der Waals surface area contributed by atoms with E-state index in [2.05, 4.69) is 92.1 Å². The smallest absolute Gasteiger partial charge is 0.322 e. The van der Waals surface area contributed by atoms with E-state index in [-0.39, 0.29) is 24.5 Å². The van der Waals surface area contributed by atoms with Crippen LogP contribution in [-0.4, -0.2) is 35.6 Å². The van der Waals surface area contributed by atoms with Crippen LogP contribution >= 0.6 is 0 Å². The summed E-state index contributed by atoms with van der Waals surface area (Å²) in [4.78, 5) is 34.7. The summed E-state index contributed by atoms with van der Waals surface area (Å²) in [5.41, 5.74) is 0. The highest BCUT2D eigenvalue weighted by atomic mass is 16.5. The van der Waals surface area contributed by atoms with Crippen LogP contribution in [0.2, 0.25) is 0 Å². The molecule has 1 amide bonds. The Morgan fingerprint density at radius 3 is 1.80 bits per heavy atom. The monoisotopic (exact) mass is 625 g/mol. The lowest BCUT2D eigenvalue weighted by Crippen LogP contribution is -2.28. The van der Waals surface area contributed by atoms with Gasteiger partial charge in [0.15, 0.2) is 0 Å². The van der Waals surface area contributed by atoms with Crippen LogP contribution in [0, 0.1) is 0 Å². The highest BCUT2D eigenvalue weighted by molar-refractivity contribution is 5.80. The third kappa shape index (κ3) is 33.6. The highest BCUT2D eigenvalue weighted by Gasteiger charge is 2.11. The number of carbonyl (C=O) groups excluding carboxylic acids is 2. The van der Waals surface area contributed by atoms with Crippen LogP contribution in [-0.2, 0) is 19.1 Å². The first-order valence-electron chi connectivity index (χ1n) is 17.6. The third-order valence-corrected chi connectivity index (χ3v) is 7.10. The number of ether oxygens (including phenoxy) is 1. The molecule has 0 saturated carbocycles. The summed E-state index contributed by atoms with van der Waals surface area (Å²) in [6, 6.07) is 0. The number of unbranched alkanes of at least 4 members (excludes halogenated alkanes) is 9. The van der Waals surface area contributed by atoms with E-state index in [9.17, 15) is 14.4 Å². The Balaban J connectivity index is 4.27. The Morgan fingerprint density at radius 1 is 0.622 bits per heavy atom. The van der Waals surface area contributed by atoms with E-state index in [1.54, 1.807) is 0 Å². The molecular formula is C39H63NO5. The summed E-state index contributed by atoms with van der Waals surface area (Å²) in [5.74, 6) is -1.40. The van der Waals surface area contributed by atoms with E-state index >= 15 is 0 Å². The standard InChI is InChI=1S/C39H63NO5/c1-3-5-7-9-11-12-13-14-15-16-17-18-19-20-22-24-30-34-39(44)45-36(31-27-23-21-10-8-6-4-2)32-28-25-26-29-33-37(41)40-35-38(42)43/h5,7,11-12,14-15,17-18,20,22,27,31,36H,3-4,6,8-10,13,16,19,21,23-26,28-30,32-35H2,1-2H3,(H,40,41)(H,42,43)/b7-5-,12-11-,15-14-,18-17-,22-20-,31-27-. The first-order chi connectivity index (χ1) is 22.0. The number of amides is 1. The van der Waals surface area contributed by atoms with E-state index in [1.807, 2.05) is 0 Å². The van der Waals surface area contributed by atoms with E-state index in [1.165, 1.54) is 25.7 Å².